The van der Waals surface area contributed by atoms with Crippen LogP contribution in [0.15, 0.2) is 0 Å². The summed E-state index contributed by atoms with van der Waals surface area (Å²) in [6, 6.07) is 0. The van der Waals surface area contributed by atoms with E-state index in [0.29, 0.717) is 11.8 Å². The first-order chi connectivity index (χ1) is 3.70. The van der Waals surface area contributed by atoms with Gasteiger partial charge >= 0.3 is 0 Å². The van der Waals surface area contributed by atoms with Crippen molar-refractivity contribution >= 4 is 0 Å². The lowest BCUT2D eigenvalue weighted by Gasteiger charge is -2.02. The SMILES string of the molecule is CC1CN(O)C[C@@H]1C. The second-order valence-corrected chi connectivity index (χ2v) is 2.83. The normalized spacial score (nSPS) is 40.9. The largest absolute Gasteiger partial charge is 0.314 e. The molecule has 48 valence electrons. The van der Waals surface area contributed by atoms with Gasteiger partial charge in [0.15, 0.2) is 0 Å². The van der Waals surface area contributed by atoms with Gasteiger partial charge in [-0.2, -0.15) is 5.06 Å². The van der Waals surface area contributed by atoms with Crippen LogP contribution in [0.25, 0.3) is 0 Å². The molecule has 2 atom stereocenters. The summed E-state index contributed by atoms with van der Waals surface area (Å²) >= 11 is 0. The standard InChI is InChI=1S/C6H13NO/c1-5-3-7(8)4-6(5)2/h5-6,8H,3-4H2,1-2H3/t5-,6?/m0/s1. The topological polar surface area (TPSA) is 23.5 Å². The van der Waals surface area contributed by atoms with Crippen molar-refractivity contribution in [2.75, 3.05) is 13.1 Å². The Kier molecular flexibility index (Phi) is 1.54. The third kappa shape index (κ3) is 1.01. The highest BCUT2D eigenvalue weighted by atomic mass is 16.5. The van der Waals surface area contributed by atoms with E-state index in [9.17, 15) is 0 Å². The molecule has 1 unspecified atom stereocenters. The fourth-order valence-corrected chi connectivity index (χ4v) is 1.10. The second-order valence-electron chi connectivity index (χ2n) is 2.83. The summed E-state index contributed by atoms with van der Waals surface area (Å²) in [5, 5.41) is 10.3. The summed E-state index contributed by atoms with van der Waals surface area (Å²) in [4.78, 5) is 0. The zero-order valence-corrected chi connectivity index (χ0v) is 5.46. The first kappa shape index (κ1) is 6.05. The lowest BCUT2D eigenvalue weighted by Crippen LogP contribution is -2.14. The summed E-state index contributed by atoms with van der Waals surface area (Å²) in [6.07, 6.45) is 0. The summed E-state index contributed by atoms with van der Waals surface area (Å²) in [5.74, 6) is 1.33. The Balaban J connectivity index is 2.39. The molecule has 1 rings (SSSR count). The molecule has 0 aliphatic carbocycles. The molecule has 0 radical (unpaired) electrons. The average Bonchev–Trinajstić information content (AvgIpc) is 1.85. The smallest absolute Gasteiger partial charge is 0.0267 e. The third-order valence-corrected chi connectivity index (χ3v) is 1.97. The highest BCUT2D eigenvalue weighted by Crippen LogP contribution is 2.19. The Morgan fingerprint density at radius 3 is 1.75 bits per heavy atom. The van der Waals surface area contributed by atoms with Crippen LogP contribution in [0.3, 0.4) is 0 Å². The van der Waals surface area contributed by atoms with Crippen molar-refractivity contribution in [3.63, 3.8) is 0 Å². The molecule has 1 heterocycles. The van der Waals surface area contributed by atoms with Gasteiger partial charge in [-0.15, -0.1) is 0 Å². The van der Waals surface area contributed by atoms with Gasteiger partial charge in [0.1, 0.15) is 0 Å². The minimum absolute atomic E-state index is 0.667. The summed E-state index contributed by atoms with van der Waals surface area (Å²) < 4.78 is 0. The van der Waals surface area contributed by atoms with Gasteiger partial charge < -0.3 is 5.21 Å². The molecule has 1 aliphatic rings. The van der Waals surface area contributed by atoms with Crippen molar-refractivity contribution in [2.24, 2.45) is 11.8 Å². The van der Waals surface area contributed by atoms with E-state index in [2.05, 4.69) is 13.8 Å². The Hall–Kier alpha value is -0.0800. The van der Waals surface area contributed by atoms with Crippen molar-refractivity contribution < 1.29 is 5.21 Å². The Morgan fingerprint density at radius 2 is 1.62 bits per heavy atom. The third-order valence-electron chi connectivity index (χ3n) is 1.97. The molecule has 2 nitrogen and oxygen atoms in total. The lowest BCUT2D eigenvalue weighted by atomic mass is 10.0. The number of hydrogen-bond acceptors (Lipinski definition) is 2. The monoisotopic (exact) mass is 115 g/mol. The van der Waals surface area contributed by atoms with E-state index < -0.39 is 0 Å². The van der Waals surface area contributed by atoms with E-state index in [4.69, 9.17) is 5.21 Å². The number of hydrogen-bond donors (Lipinski definition) is 1. The van der Waals surface area contributed by atoms with Crippen LogP contribution in [0, 0.1) is 11.8 Å². The number of rotatable bonds is 0. The zero-order chi connectivity index (χ0) is 6.15. The Labute approximate surface area is 50.1 Å². The molecule has 1 N–H and O–H groups in total. The summed E-state index contributed by atoms with van der Waals surface area (Å²) in [7, 11) is 0. The molecular weight excluding hydrogens is 102 g/mol. The molecule has 1 fully saturated rings. The molecule has 0 aromatic heterocycles. The average molecular weight is 115 g/mol. The molecule has 0 aromatic carbocycles. The maximum absolute atomic E-state index is 8.90. The van der Waals surface area contributed by atoms with Crippen molar-refractivity contribution in [1.82, 2.24) is 5.06 Å². The minimum atomic E-state index is 0.667. The van der Waals surface area contributed by atoms with Crippen LogP contribution in [-0.4, -0.2) is 23.4 Å². The van der Waals surface area contributed by atoms with Gasteiger partial charge in [-0.05, 0) is 11.8 Å². The van der Waals surface area contributed by atoms with Crippen molar-refractivity contribution in [1.29, 1.82) is 0 Å². The van der Waals surface area contributed by atoms with E-state index in [-0.39, 0.29) is 0 Å². The summed E-state index contributed by atoms with van der Waals surface area (Å²) in [6.45, 7) is 6.03. The predicted molar refractivity (Wildman–Crippen MR) is 31.7 cm³/mol. The van der Waals surface area contributed by atoms with Gasteiger partial charge in [0.25, 0.3) is 0 Å². The molecule has 8 heavy (non-hydrogen) atoms. The van der Waals surface area contributed by atoms with Gasteiger partial charge in [0.2, 0.25) is 0 Å². The lowest BCUT2D eigenvalue weighted by molar-refractivity contribution is -0.0728. The van der Waals surface area contributed by atoms with Gasteiger partial charge in [0.05, 0.1) is 0 Å². The highest BCUT2D eigenvalue weighted by Gasteiger charge is 2.23. The molecule has 1 saturated heterocycles. The highest BCUT2D eigenvalue weighted by molar-refractivity contribution is 4.72. The second kappa shape index (κ2) is 2.03. The fraction of sp³-hybridized carbons (Fsp3) is 1.00. The fourth-order valence-electron chi connectivity index (χ4n) is 1.10. The number of hydroxylamine groups is 2. The van der Waals surface area contributed by atoms with Crippen molar-refractivity contribution in [3.8, 4) is 0 Å². The van der Waals surface area contributed by atoms with Crippen LogP contribution < -0.4 is 0 Å². The molecule has 0 aromatic rings. The maximum atomic E-state index is 8.90. The van der Waals surface area contributed by atoms with Crippen LogP contribution >= 0.6 is 0 Å². The minimum Gasteiger partial charge on any atom is -0.314 e. The molecular formula is C6H13NO. The van der Waals surface area contributed by atoms with Crippen LogP contribution in [-0.2, 0) is 0 Å². The molecule has 0 spiro atoms. The molecule has 0 saturated carbocycles. The van der Waals surface area contributed by atoms with Gasteiger partial charge in [0, 0.05) is 13.1 Å². The van der Waals surface area contributed by atoms with E-state index in [0.717, 1.165) is 13.1 Å². The van der Waals surface area contributed by atoms with Crippen LogP contribution in [0.2, 0.25) is 0 Å². The van der Waals surface area contributed by atoms with Crippen LogP contribution in [0.4, 0.5) is 0 Å². The number of nitrogens with zero attached hydrogens (tertiary/aromatic N) is 1. The van der Waals surface area contributed by atoms with Crippen molar-refractivity contribution in [3.05, 3.63) is 0 Å². The van der Waals surface area contributed by atoms with E-state index in [1.165, 1.54) is 5.06 Å². The predicted octanol–water partition coefficient (Wildman–Crippen LogP) is 0.963. The van der Waals surface area contributed by atoms with Gasteiger partial charge in [-0.1, -0.05) is 13.8 Å². The Bertz CT molecular complexity index is 74.6. The van der Waals surface area contributed by atoms with Crippen LogP contribution in [0.5, 0.6) is 0 Å². The van der Waals surface area contributed by atoms with Gasteiger partial charge in [-0.25, -0.2) is 0 Å². The quantitative estimate of drug-likeness (QED) is 0.508. The van der Waals surface area contributed by atoms with Crippen molar-refractivity contribution in [2.45, 2.75) is 13.8 Å². The van der Waals surface area contributed by atoms with Gasteiger partial charge in [-0.3, -0.25) is 0 Å². The van der Waals surface area contributed by atoms with E-state index in [1.807, 2.05) is 0 Å². The van der Waals surface area contributed by atoms with E-state index >= 15 is 0 Å². The molecule has 2 heteroatoms. The molecule has 0 amide bonds. The Morgan fingerprint density at radius 1 is 1.25 bits per heavy atom. The molecule has 1 aliphatic heterocycles. The molecule has 0 bridgehead atoms. The summed E-state index contributed by atoms with van der Waals surface area (Å²) in [5.41, 5.74) is 0. The first-order valence-corrected chi connectivity index (χ1v) is 3.14. The maximum Gasteiger partial charge on any atom is 0.0267 e. The zero-order valence-electron chi connectivity index (χ0n) is 5.46. The van der Waals surface area contributed by atoms with Crippen LogP contribution in [0.1, 0.15) is 13.8 Å². The first-order valence-electron chi connectivity index (χ1n) is 3.14. The van der Waals surface area contributed by atoms with E-state index in [1.54, 1.807) is 0 Å².